The second kappa shape index (κ2) is 4.38. The van der Waals surface area contributed by atoms with Crippen LogP contribution >= 0.6 is 0 Å². The average molecular weight is 254 g/mol. The zero-order chi connectivity index (χ0) is 12.5. The number of hydrogen-bond donors (Lipinski definition) is 1. The third kappa shape index (κ3) is 3.04. The van der Waals surface area contributed by atoms with E-state index in [1.54, 1.807) is 12.4 Å². The molecule has 1 aliphatic rings. The fourth-order valence-electron chi connectivity index (χ4n) is 2.38. The fraction of sp³-hybridized carbons (Fsp3) is 0.583. The molecular weight excluding hydrogens is 236 g/mol. The Balaban J connectivity index is 2.07. The van der Waals surface area contributed by atoms with Crippen LogP contribution < -0.4 is 5.32 Å². The zero-order valence-electron chi connectivity index (χ0n) is 10.2. The topological polar surface area (TPSA) is 59.1 Å². The highest BCUT2D eigenvalue weighted by Crippen LogP contribution is 2.26. The highest BCUT2D eigenvalue weighted by Gasteiger charge is 2.38. The van der Waals surface area contributed by atoms with Crippen molar-refractivity contribution in [2.24, 2.45) is 0 Å². The Kier molecular flexibility index (Phi) is 3.23. The van der Waals surface area contributed by atoms with Gasteiger partial charge in [0.05, 0.1) is 11.5 Å². The van der Waals surface area contributed by atoms with E-state index in [2.05, 4.69) is 10.3 Å². The molecule has 1 fully saturated rings. The van der Waals surface area contributed by atoms with E-state index >= 15 is 0 Å². The Morgan fingerprint density at radius 3 is 2.59 bits per heavy atom. The molecule has 1 aliphatic heterocycles. The van der Waals surface area contributed by atoms with Gasteiger partial charge < -0.3 is 5.32 Å². The van der Waals surface area contributed by atoms with E-state index in [-0.39, 0.29) is 17.3 Å². The van der Waals surface area contributed by atoms with Crippen molar-refractivity contribution >= 4 is 9.84 Å². The largest absolute Gasteiger partial charge is 0.304 e. The Morgan fingerprint density at radius 1 is 1.41 bits per heavy atom. The van der Waals surface area contributed by atoms with E-state index in [0.717, 1.165) is 5.56 Å². The summed E-state index contributed by atoms with van der Waals surface area (Å²) in [5, 5.41) is 3.42. The van der Waals surface area contributed by atoms with Gasteiger partial charge in [0.2, 0.25) is 0 Å². The molecule has 2 rings (SSSR count). The Labute approximate surface area is 102 Å². The molecule has 94 valence electrons. The summed E-state index contributed by atoms with van der Waals surface area (Å²) in [5.41, 5.74) is 0.826. The van der Waals surface area contributed by atoms with Crippen LogP contribution in [0.25, 0.3) is 0 Å². The van der Waals surface area contributed by atoms with Crippen LogP contribution in [0.2, 0.25) is 0 Å². The summed E-state index contributed by atoms with van der Waals surface area (Å²) in [7, 11) is -2.86. The van der Waals surface area contributed by atoms with Crippen molar-refractivity contribution < 1.29 is 8.42 Å². The average Bonchev–Trinajstić information content (AvgIpc) is 2.54. The number of sulfone groups is 1. The number of rotatable bonds is 3. The Hall–Kier alpha value is -0.940. The summed E-state index contributed by atoms with van der Waals surface area (Å²) in [6, 6.07) is 4.03. The molecule has 4 nitrogen and oxygen atoms in total. The molecule has 0 spiro atoms. The number of aromatic nitrogens is 1. The van der Waals surface area contributed by atoms with Crippen molar-refractivity contribution in [3.63, 3.8) is 0 Å². The molecular formula is C12H18N2O2S. The minimum absolute atomic E-state index is 0.135. The molecule has 0 aliphatic carbocycles. The Morgan fingerprint density at radius 2 is 2.06 bits per heavy atom. The van der Waals surface area contributed by atoms with E-state index in [1.807, 2.05) is 26.0 Å². The Bertz CT molecular complexity index is 486. The lowest BCUT2D eigenvalue weighted by atomic mass is 9.99. The van der Waals surface area contributed by atoms with Crippen LogP contribution in [0.15, 0.2) is 24.5 Å². The SMILES string of the molecule is CC(NC1(C)CCS(=O)(=O)C1)c1ccncc1. The molecule has 0 saturated carbocycles. The third-order valence-electron chi connectivity index (χ3n) is 3.27. The molecule has 17 heavy (non-hydrogen) atoms. The van der Waals surface area contributed by atoms with Crippen LogP contribution in [0.3, 0.4) is 0 Å². The van der Waals surface area contributed by atoms with Crippen LogP contribution in [0.4, 0.5) is 0 Å². The van der Waals surface area contributed by atoms with Gasteiger partial charge in [0.15, 0.2) is 9.84 Å². The standard InChI is InChI=1S/C12H18N2O2S/c1-10(11-3-6-13-7-4-11)14-12(2)5-8-17(15,16)9-12/h3-4,6-7,10,14H,5,8-9H2,1-2H3. The van der Waals surface area contributed by atoms with Gasteiger partial charge in [-0.25, -0.2) is 8.42 Å². The van der Waals surface area contributed by atoms with Gasteiger partial charge in [0.25, 0.3) is 0 Å². The van der Waals surface area contributed by atoms with Gasteiger partial charge in [0, 0.05) is 24.0 Å². The van der Waals surface area contributed by atoms with Crippen LogP contribution in [0.5, 0.6) is 0 Å². The molecule has 1 aromatic heterocycles. The third-order valence-corrected chi connectivity index (χ3v) is 5.18. The predicted molar refractivity (Wildman–Crippen MR) is 67.5 cm³/mol. The van der Waals surface area contributed by atoms with Gasteiger partial charge in [-0.2, -0.15) is 0 Å². The van der Waals surface area contributed by atoms with Gasteiger partial charge in [-0.15, -0.1) is 0 Å². The summed E-state index contributed by atoms with van der Waals surface area (Å²) >= 11 is 0. The minimum Gasteiger partial charge on any atom is -0.304 e. The minimum atomic E-state index is -2.86. The van der Waals surface area contributed by atoms with Crippen LogP contribution in [0.1, 0.15) is 31.9 Å². The van der Waals surface area contributed by atoms with Crippen LogP contribution in [-0.2, 0) is 9.84 Å². The number of nitrogens with one attached hydrogen (secondary N) is 1. The number of pyridine rings is 1. The van der Waals surface area contributed by atoms with E-state index < -0.39 is 9.84 Å². The first-order chi connectivity index (χ1) is 7.90. The van der Waals surface area contributed by atoms with Gasteiger partial charge in [-0.05, 0) is 38.0 Å². The molecule has 1 N–H and O–H groups in total. The maximum atomic E-state index is 11.5. The van der Waals surface area contributed by atoms with Crippen molar-refractivity contribution in [3.05, 3.63) is 30.1 Å². The van der Waals surface area contributed by atoms with E-state index in [9.17, 15) is 8.42 Å². The van der Waals surface area contributed by atoms with Gasteiger partial charge >= 0.3 is 0 Å². The summed E-state index contributed by atoms with van der Waals surface area (Å²) in [5.74, 6) is 0.523. The number of hydrogen-bond acceptors (Lipinski definition) is 4. The zero-order valence-corrected chi connectivity index (χ0v) is 11.0. The van der Waals surface area contributed by atoms with E-state index in [1.165, 1.54) is 0 Å². The van der Waals surface area contributed by atoms with E-state index in [0.29, 0.717) is 12.2 Å². The first-order valence-electron chi connectivity index (χ1n) is 5.78. The molecule has 0 bridgehead atoms. The van der Waals surface area contributed by atoms with Crippen LogP contribution in [-0.4, -0.2) is 30.4 Å². The maximum absolute atomic E-state index is 11.5. The van der Waals surface area contributed by atoms with Crippen LogP contribution in [0, 0.1) is 0 Å². The van der Waals surface area contributed by atoms with Crippen molar-refractivity contribution in [3.8, 4) is 0 Å². The van der Waals surface area contributed by atoms with Crippen molar-refractivity contribution in [2.75, 3.05) is 11.5 Å². The first kappa shape index (κ1) is 12.5. The molecule has 2 heterocycles. The second-order valence-corrected chi connectivity index (χ2v) is 7.23. The monoisotopic (exact) mass is 254 g/mol. The van der Waals surface area contributed by atoms with Crippen molar-refractivity contribution in [2.45, 2.75) is 31.8 Å². The van der Waals surface area contributed by atoms with E-state index in [4.69, 9.17) is 0 Å². The normalized spacial score (nSPS) is 29.1. The fourth-order valence-corrected chi connectivity index (χ4v) is 4.49. The summed E-state index contributed by atoms with van der Waals surface area (Å²) < 4.78 is 23.0. The molecule has 2 atom stereocenters. The smallest absolute Gasteiger partial charge is 0.152 e. The van der Waals surface area contributed by atoms with Gasteiger partial charge in [-0.1, -0.05) is 0 Å². The lowest BCUT2D eigenvalue weighted by Gasteiger charge is -2.28. The highest BCUT2D eigenvalue weighted by molar-refractivity contribution is 7.91. The van der Waals surface area contributed by atoms with Gasteiger partial charge in [-0.3, -0.25) is 4.98 Å². The number of nitrogens with zero attached hydrogens (tertiary/aromatic N) is 1. The first-order valence-corrected chi connectivity index (χ1v) is 7.60. The molecule has 2 unspecified atom stereocenters. The highest BCUT2D eigenvalue weighted by atomic mass is 32.2. The summed E-state index contributed by atoms with van der Waals surface area (Å²) in [6.07, 6.45) is 4.19. The molecule has 1 saturated heterocycles. The predicted octanol–water partition coefficient (Wildman–Crippen LogP) is 1.31. The van der Waals surface area contributed by atoms with Gasteiger partial charge in [0.1, 0.15) is 0 Å². The molecule has 0 radical (unpaired) electrons. The lowest BCUT2D eigenvalue weighted by Crippen LogP contribution is -2.44. The maximum Gasteiger partial charge on any atom is 0.152 e. The van der Waals surface area contributed by atoms with Crippen molar-refractivity contribution in [1.82, 2.24) is 10.3 Å². The molecule has 1 aromatic rings. The lowest BCUT2D eigenvalue weighted by molar-refractivity contribution is 0.355. The molecule has 0 amide bonds. The second-order valence-electron chi connectivity index (χ2n) is 5.05. The summed E-state index contributed by atoms with van der Waals surface area (Å²) in [6.45, 7) is 4.03. The molecule has 0 aromatic carbocycles. The van der Waals surface area contributed by atoms with Crippen molar-refractivity contribution in [1.29, 1.82) is 0 Å². The summed E-state index contributed by atoms with van der Waals surface area (Å²) in [4.78, 5) is 3.98. The quantitative estimate of drug-likeness (QED) is 0.883. The molecule has 5 heteroatoms.